The lowest BCUT2D eigenvalue weighted by molar-refractivity contribution is 1.18. The molecule has 0 aliphatic heterocycles. The largest absolute Gasteiger partial charge is 0.309 e. The Morgan fingerprint density at radius 2 is 0.406 bits per heavy atom. The number of aromatic nitrogens is 4. The van der Waals surface area contributed by atoms with E-state index in [0.717, 1.165) is 0 Å². The van der Waals surface area contributed by atoms with Gasteiger partial charge in [-0.3, -0.25) is 0 Å². The van der Waals surface area contributed by atoms with Crippen molar-refractivity contribution in [1.29, 1.82) is 0 Å². The fourth-order valence-electron chi connectivity index (χ4n) is 15.4. The van der Waals surface area contributed by atoms with E-state index in [1.807, 2.05) is 0 Å². The third-order valence-electron chi connectivity index (χ3n) is 19.8. The summed E-state index contributed by atoms with van der Waals surface area (Å²) in [5.74, 6) is 0. The van der Waals surface area contributed by atoms with Crippen molar-refractivity contribution in [3.05, 3.63) is 364 Å². The smallest absolute Gasteiger partial charge is 0.0541 e. The zero-order valence-electron chi connectivity index (χ0n) is 52.4. The van der Waals surface area contributed by atoms with Crippen LogP contribution in [0.4, 0.5) is 0 Å². The van der Waals surface area contributed by atoms with E-state index in [-0.39, 0.29) is 0 Å². The van der Waals surface area contributed by atoms with Gasteiger partial charge in [0.25, 0.3) is 0 Å². The number of para-hydroxylation sites is 7. The molecule has 16 aromatic carbocycles. The zero-order valence-corrected chi connectivity index (χ0v) is 52.4. The van der Waals surface area contributed by atoms with Crippen molar-refractivity contribution in [3.8, 4) is 67.3 Å². The molecular weight excluding hydrogens is 1160 g/mol. The van der Waals surface area contributed by atoms with Gasteiger partial charge in [-0.2, -0.15) is 0 Å². The Bertz CT molecular complexity index is 6220. The summed E-state index contributed by atoms with van der Waals surface area (Å²) in [5.41, 5.74) is 24.3. The highest BCUT2D eigenvalue weighted by molar-refractivity contribution is 6.16. The predicted molar refractivity (Wildman–Crippen MR) is 407 cm³/mol. The Morgan fingerprint density at radius 3 is 0.781 bits per heavy atom. The van der Waals surface area contributed by atoms with Crippen LogP contribution in [-0.2, 0) is 0 Å². The zero-order chi connectivity index (χ0) is 63.2. The van der Waals surface area contributed by atoms with Gasteiger partial charge < -0.3 is 18.3 Å². The van der Waals surface area contributed by atoms with Crippen LogP contribution in [0, 0.1) is 0 Å². The molecule has 4 nitrogen and oxygen atoms in total. The summed E-state index contributed by atoms with van der Waals surface area (Å²) >= 11 is 0. The maximum atomic E-state index is 2.40. The molecule has 0 atom stereocenters. The molecule has 20 rings (SSSR count). The molecule has 0 saturated carbocycles. The van der Waals surface area contributed by atoms with Crippen molar-refractivity contribution in [1.82, 2.24) is 18.3 Å². The molecule has 0 spiro atoms. The summed E-state index contributed by atoms with van der Waals surface area (Å²) in [6.45, 7) is 0. The topological polar surface area (TPSA) is 19.7 Å². The van der Waals surface area contributed by atoms with Crippen LogP contribution < -0.4 is 0 Å². The number of benzene rings is 16. The van der Waals surface area contributed by atoms with Gasteiger partial charge in [-0.05, 0) is 187 Å². The van der Waals surface area contributed by atoms with E-state index in [0.29, 0.717) is 0 Å². The van der Waals surface area contributed by atoms with Crippen molar-refractivity contribution in [2.75, 3.05) is 0 Å². The minimum Gasteiger partial charge on any atom is -0.309 e. The van der Waals surface area contributed by atoms with E-state index in [4.69, 9.17) is 0 Å². The Morgan fingerprint density at radius 1 is 0.135 bits per heavy atom. The Hall–Kier alpha value is -12.8. The average molecular weight is 1220 g/mol. The summed E-state index contributed by atoms with van der Waals surface area (Å²) in [6.07, 6.45) is 0. The molecule has 0 radical (unpaired) electrons. The average Bonchev–Trinajstić information content (AvgIpc) is 1.54. The second-order valence-corrected chi connectivity index (χ2v) is 25.2. The van der Waals surface area contributed by atoms with Crippen LogP contribution in [-0.4, -0.2) is 18.3 Å². The van der Waals surface area contributed by atoms with Crippen LogP contribution >= 0.6 is 0 Å². The minimum atomic E-state index is 1.18. The van der Waals surface area contributed by atoms with Gasteiger partial charge in [-0.25, -0.2) is 0 Å². The van der Waals surface area contributed by atoms with Crippen molar-refractivity contribution in [2.24, 2.45) is 0 Å². The summed E-state index contributed by atoms with van der Waals surface area (Å²) in [4.78, 5) is 0. The van der Waals surface area contributed by atoms with Crippen molar-refractivity contribution >= 4 is 109 Å². The number of rotatable bonds is 8. The summed E-state index contributed by atoms with van der Waals surface area (Å²) < 4.78 is 9.51. The number of hydrogen-bond donors (Lipinski definition) is 0. The molecule has 448 valence electrons. The highest BCUT2D eigenvalue weighted by Crippen LogP contribution is 2.43. The molecule has 4 heteroatoms. The van der Waals surface area contributed by atoms with Crippen LogP contribution in [0.2, 0.25) is 0 Å². The maximum absolute atomic E-state index is 2.40. The predicted octanol–water partition coefficient (Wildman–Crippen LogP) is 24.7. The summed E-state index contributed by atoms with van der Waals surface area (Å²) in [6, 6.07) is 132. The van der Waals surface area contributed by atoms with Crippen LogP contribution in [0.5, 0.6) is 0 Å². The van der Waals surface area contributed by atoms with Crippen molar-refractivity contribution in [2.45, 2.75) is 0 Å². The lowest BCUT2D eigenvalue weighted by Crippen LogP contribution is -1.93. The fraction of sp³-hybridized carbons (Fsp3) is 0. The first-order valence-electron chi connectivity index (χ1n) is 33.1. The van der Waals surface area contributed by atoms with Gasteiger partial charge in [0.15, 0.2) is 0 Å². The van der Waals surface area contributed by atoms with Crippen molar-refractivity contribution in [3.63, 3.8) is 0 Å². The standard InChI is InChI=1S/2C46H30N2/c1-3-13-33(14-4-1)47-43-21-11-9-19-39(43)41-29-31(23-27-45(41)47)35-25-26-36(38-18-8-7-17-37(35)38)32-24-28-46-42(30-32)40-20-10-12-22-44(40)48(46)34-15-5-2-6-16-34;1-2-12-37(13-3-1)47-43-16-8-6-14-39(43)41-29-35(23-26-45(41)47)32-18-20-33(21-19-32)36-24-27-46-42(30-36)40-15-7-9-17-44(40)48(46)38-25-22-31-10-4-5-11-34(31)28-38/h2*1-30H. The molecule has 96 heavy (non-hydrogen) atoms. The fourth-order valence-corrected chi connectivity index (χ4v) is 15.4. The first-order valence-corrected chi connectivity index (χ1v) is 33.1. The van der Waals surface area contributed by atoms with Gasteiger partial charge in [0.1, 0.15) is 0 Å². The Labute approximate surface area is 554 Å². The van der Waals surface area contributed by atoms with E-state index >= 15 is 0 Å². The summed E-state index contributed by atoms with van der Waals surface area (Å²) in [7, 11) is 0. The van der Waals surface area contributed by atoms with E-state index in [1.54, 1.807) is 0 Å². The van der Waals surface area contributed by atoms with Gasteiger partial charge in [0, 0.05) is 65.8 Å². The van der Waals surface area contributed by atoms with Crippen LogP contribution in [0.1, 0.15) is 0 Å². The van der Waals surface area contributed by atoms with E-state index in [2.05, 4.69) is 382 Å². The van der Waals surface area contributed by atoms with Gasteiger partial charge in [0.05, 0.1) is 44.1 Å². The lowest BCUT2D eigenvalue weighted by atomic mass is 9.91. The summed E-state index contributed by atoms with van der Waals surface area (Å²) in [5, 5.41) is 15.1. The van der Waals surface area contributed by atoms with Gasteiger partial charge in [0.2, 0.25) is 0 Å². The molecule has 0 amide bonds. The van der Waals surface area contributed by atoms with E-state index < -0.39 is 0 Å². The van der Waals surface area contributed by atoms with Crippen LogP contribution in [0.3, 0.4) is 0 Å². The maximum Gasteiger partial charge on any atom is 0.0541 e. The molecule has 0 N–H and O–H groups in total. The number of fused-ring (bicyclic) bond motifs is 14. The first-order chi connectivity index (χ1) is 47.6. The highest BCUT2D eigenvalue weighted by atomic mass is 15.0. The molecule has 0 bridgehead atoms. The quantitative estimate of drug-likeness (QED) is 0.144. The molecular formula is C92H60N4. The molecule has 0 aliphatic carbocycles. The molecule has 4 aromatic heterocycles. The molecule has 0 unspecified atom stereocenters. The second-order valence-electron chi connectivity index (χ2n) is 25.2. The van der Waals surface area contributed by atoms with Gasteiger partial charge in [-0.15, -0.1) is 0 Å². The molecule has 20 aromatic rings. The van der Waals surface area contributed by atoms with Gasteiger partial charge >= 0.3 is 0 Å². The molecule has 4 heterocycles. The first kappa shape index (κ1) is 54.9. The van der Waals surface area contributed by atoms with Crippen LogP contribution in [0.25, 0.3) is 176 Å². The minimum absolute atomic E-state index is 1.18. The highest BCUT2D eigenvalue weighted by Gasteiger charge is 2.20. The SMILES string of the molecule is c1ccc(-n2c3ccccc3c3cc(-c4ccc(-c5ccc6c(c5)c5ccccc5n6-c5ccc6ccccc6c5)cc4)ccc32)cc1.c1ccc(-n2c3ccccc3c3cc(-c4ccc(-c5ccc6c(c5)c5ccccc5n6-c5ccccc5)c5ccccc45)ccc32)cc1. The third-order valence-corrected chi connectivity index (χ3v) is 19.8. The molecule has 0 aliphatic rings. The second kappa shape index (κ2) is 22.5. The molecule has 0 fully saturated rings. The Kier molecular flexibility index (Phi) is 12.9. The normalized spacial score (nSPS) is 11.8. The Balaban J connectivity index is 0.000000135. The van der Waals surface area contributed by atoms with E-state index in [1.165, 1.54) is 176 Å². The monoisotopic (exact) mass is 1220 g/mol. The third kappa shape index (κ3) is 8.99. The number of hydrogen-bond acceptors (Lipinski definition) is 0. The van der Waals surface area contributed by atoms with E-state index in [9.17, 15) is 0 Å². The lowest BCUT2D eigenvalue weighted by Gasteiger charge is -2.13. The van der Waals surface area contributed by atoms with Gasteiger partial charge in [-0.1, -0.05) is 243 Å². The number of nitrogens with zero attached hydrogens (tertiary/aromatic N) is 4. The van der Waals surface area contributed by atoms with Crippen LogP contribution in [0.15, 0.2) is 364 Å². The van der Waals surface area contributed by atoms with Crippen molar-refractivity contribution < 1.29 is 0 Å². The molecule has 0 saturated heterocycles.